The standard InChI is InChI=1S/C13H24N2O4/c1-10(16)15(8-11-7-14-5-6-18-11)9-12(17)19-13(2,3)4/h11,14H,5-9H2,1-4H3/t11-/m0/s1. The normalized spacial score (nSPS) is 19.9. The van der Waals surface area contributed by atoms with Gasteiger partial charge in [-0.05, 0) is 20.8 Å². The Hall–Kier alpha value is -1.14. The molecular weight excluding hydrogens is 248 g/mol. The molecule has 0 radical (unpaired) electrons. The number of carbonyl (C=O) groups excluding carboxylic acids is 2. The number of ether oxygens (including phenoxy) is 2. The van der Waals surface area contributed by atoms with Crippen LogP contribution in [0, 0.1) is 0 Å². The van der Waals surface area contributed by atoms with Gasteiger partial charge in [-0.15, -0.1) is 0 Å². The van der Waals surface area contributed by atoms with E-state index in [2.05, 4.69) is 5.32 Å². The first-order chi connectivity index (χ1) is 8.78. The van der Waals surface area contributed by atoms with Gasteiger partial charge in [-0.2, -0.15) is 0 Å². The van der Waals surface area contributed by atoms with Crippen molar-refractivity contribution in [2.45, 2.75) is 39.4 Å². The van der Waals surface area contributed by atoms with Gasteiger partial charge in [0.15, 0.2) is 0 Å². The van der Waals surface area contributed by atoms with Crippen LogP contribution in [0.3, 0.4) is 0 Å². The molecule has 0 unspecified atom stereocenters. The predicted molar refractivity (Wildman–Crippen MR) is 70.7 cm³/mol. The lowest BCUT2D eigenvalue weighted by atomic mass is 10.2. The average Bonchev–Trinajstić information content (AvgIpc) is 2.26. The number of hydrogen-bond acceptors (Lipinski definition) is 5. The first-order valence-electron chi connectivity index (χ1n) is 6.57. The molecule has 1 heterocycles. The first-order valence-corrected chi connectivity index (χ1v) is 6.57. The minimum absolute atomic E-state index is 0.0353. The molecule has 0 saturated carbocycles. The summed E-state index contributed by atoms with van der Waals surface area (Å²) in [5, 5.41) is 3.19. The van der Waals surface area contributed by atoms with Crippen molar-refractivity contribution in [2.24, 2.45) is 0 Å². The van der Waals surface area contributed by atoms with Crippen molar-refractivity contribution in [3.8, 4) is 0 Å². The average molecular weight is 272 g/mol. The summed E-state index contributed by atoms with van der Waals surface area (Å²) in [4.78, 5) is 24.8. The molecule has 1 rings (SSSR count). The van der Waals surface area contributed by atoms with Gasteiger partial charge in [-0.1, -0.05) is 0 Å². The number of nitrogens with zero attached hydrogens (tertiary/aromatic N) is 1. The minimum Gasteiger partial charge on any atom is -0.459 e. The van der Waals surface area contributed by atoms with Crippen molar-refractivity contribution in [3.05, 3.63) is 0 Å². The number of carbonyl (C=O) groups is 2. The molecule has 0 aromatic carbocycles. The largest absolute Gasteiger partial charge is 0.459 e. The second-order valence-electron chi connectivity index (χ2n) is 5.68. The lowest BCUT2D eigenvalue weighted by molar-refractivity contribution is -0.159. The Bertz CT molecular complexity index is 319. The summed E-state index contributed by atoms with van der Waals surface area (Å²) in [6.07, 6.45) is -0.0694. The van der Waals surface area contributed by atoms with Crippen LogP contribution in [-0.4, -0.2) is 61.3 Å². The zero-order chi connectivity index (χ0) is 14.5. The fourth-order valence-electron chi connectivity index (χ4n) is 1.82. The second-order valence-corrected chi connectivity index (χ2v) is 5.68. The summed E-state index contributed by atoms with van der Waals surface area (Å²) < 4.78 is 10.8. The van der Waals surface area contributed by atoms with Gasteiger partial charge in [0, 0.05) is 26.6 Å². The number of esters is 1. The summed E-state index contributed by atoms with van der Waals surface area (Å²) in [5.74, 6) is -0.550. The quantitative estimate of drug-likeness (QED) is 0.739. The van der Waals surface area contributed by atoms with E-state index < -0.39 is 11.6 Å². The highest BCUT2D eigenvalue weighted by molar-refractivity contribution is 5.80. The topological polar surface area (TPSA) is 67.9 Å². The summed E-state index contributed by atoms with van der Waals surface area (Å²) in [7, 11) is 0. The van der Waals surface area contributed by atoms with E-state index in [9.17, 15) is 9.59 Å². The molecule has 1 N–H and O–H groups in total. The maximum Gasteiger partial charge on any atom is 0.326 e. The van der Waals surface area contributed by atoms with Gasteiger partial charge in [0.1, 0.15) is 12.1 Å². The van der Waals surface area contributed by atoms with Gasteiger partial charge in [0.25, 0.3) is 0 Å². The molecule has 1 atom stereocenters. The number of hydrogen-bond donors (Lipinski definition) is 1. The number of rotatable bonds is 4. The van der Waals surface area contributed by atoms with Crippen molar-refractivity contribution in [1.82, 2.24) is 10.2 Å². The molecule has 19 heavy (non-hydrogen) atoms. The Labute approximate surface area is 114 Å². The molecule has 1 aliphatic rings. The molecule has 1 aliphatic heterocycles. The van der Waals surface area contributed by atoms with Crippen LogP contribution in [0.15, 0.2) is 0 Å². The molecule has 0 aromatic heterocycles. The molecule has 6 heteroatoms. The smallest absolute Gasteiger partial charge is 0.326 e. The van der Waals surface area contributed by atoms with Crippen molar-refractivity contribution in [2.75, 3.05) is 32.8 Å². The fraction of sp³-hybridized carbons (Fsp3) is 0.846. The van der Waals surface area contributed by atoms with Gasteiger partial charge >= 0.3 is 5.97 Å². The van der Waals surface area contributed by atoms with Crippen LogP contribution in [-0.2, 0) is 19.1 Å². The van der Waals surface area contributed by atoms with Gasteiger partial charge in [-0.25, -0.2) is 0 Å². The van der Waals surface area contributed by atoms with Gasteiger partial charge in [0.2, 0.25) is 5.91 Å². The third kappa shape index (κ3) is 6.54. The van der Waals surface area contributed by atoms with Crippen molar-refractivity contribution < 1.29 is 19.1 Å². The van der Waals surface area contributed by atoms with Crippen LogP contribution in [0.5, 0.6) is 0 Å². The third-order valence-electron chi connectivity index (χ3n) is 2.61. The molecule has 1 saturated heterocycles. The fourth-order valence-corrected chi connectivity index (χ4v) is 1.82. The highest BCUT2D eigenvalue weighted by Gasteiger charge is 2.24. The van der Waals surface area contributed by atoms with E-state index in [0.29, 0.717) is 19.7 Å². The van der Waals surface area contributed by atoms with E-state index in [1.165, 1.54) is 11.8 Å². The SMILES string of the molecule is CC(=O)N(CC(=O)OC(C)(C)C)C[C@@H]1CNCCO1. The van der Waals surface area contributed by atoms with E-state index >= 15 is 0 Å². The first kappa shape index (κ1) is 15.9. The van der Waals surface area contributed by atoms with Crippen LogP contribution in [0.2, 0.25) is 0 Å². The highest BCUT2D eigenvalue weighted by atomic mass is 16.6. The Balaban J connectivity index is 2.48. The van der Waals surface area contributed by atoms with E-state index in [1.54, 1.807) is 20.8 Å². The number of morpholine rings is 1. The Morgan fingerprint density at radius 3 is 2.58 bits per heavy atom. The van der Waals surface area contributed by atoms with Crippen LogP contribution < -0.4 is 5.32 Å². The molecular formula is C13H24N2O4. The molecule has 0 spiro atoms. The van der Waals surface area contributed by atoms with E-state index in [4.69, 9.17) is 9.47 Å². The zero-order valence-electron chi connectivity index (χ0n) is 12.2. The van der Waals surface area contributed by atoms with Crippen molar-refractivity contribution >= 4 is 11.9 Å². The maximum atomic E-state index is 11.7. The Morgan fingerprint density at radius 1 is 1.42 bits per heavy atom. The van der Waals surface area contributed by atoms with Gasteiger partial charge < -0.3 is 19.7 Å². The van der Waals surface area contributed by atoms with Crippen LogP contribution >= 0.6 is 0 Å². The van der Waals surface area contributed by atoms with Crippen LogP contribution in [0.1, 0.15) is 27.7 Å². The highest BCUT2D eigenvalue weighted by Crippen LogP contribution is 2.08. The summed E-state index contributed by atoms with van der Waals surface area (Å²) in [5.41, 5.74) is -0.539. The number of nitrogens with one attached hydrogen (secondary N) is 1. The number of amides is 1. The van der Waals surface area contributed by atoms with E-state index in [0.717, 1.165) is 6.54 Å². The van der Waals surface area contributed by atoms with Crippen LogP contribution in [0.4, 0.5) is 0 Å². The van der Waals surface area contributed by atoms with Crippen molar-refractivity contribution in [3.63, 3.8) is 0 Å². The third-order valence-corrected chi connectivity index (χ3v) is 2.61. The molecule has 6 nitrogen and oxygen atoms in total. The summed E-state index contributed by atoms with van der Waals surface area (Å²) in [6, 6.07) is 0. The Morgan fingerprint density at radius 2 is 2.11 bits per heavy atom. The van der Waals surface area contributed by atoms with E-state index in [1.807, 2.05) is 0 Å². The molecule has 1 fully saturated rings. The lowest BCUT2D eigenvalue weighted by Gasteiger charge is -2.30. The van der Waals surface area contributed by atoms with Crippen LogP contribution in [0.25, 0.3) is 0 Å². The molecule has 110 valence electrons. The van der Waals surface area contributed by atoms with Gasteiger partial charge in [0.05, 0.1) is 12.7 Å². The molecule has 0 aliphatic carbocycles. The second kappa shape index (κ2) is 6.86. The maximum absolute atomic E-state index is 11.7. The Kier molecular flexibility index (Phi) is 5.75. The molecule has 0 bridgehead atoms. The lowest BCUT2D eigenvalue weighted by Crippen LogP contribution is -2.48. The zero-order valence-corrected chi connectivity index (χ0v) is 12.2. The monoisotopic (exact) mass is 272 g/mol. The molecule has 1 amide bonds. The minimum atomic E-state index is -0.539. The summed E-state index contributed by atoms with van der Waals surface area (Å²) >= 11 is 0. The molecule has 0 aromatic rings. The van der Waals surface area contributed by atoms with E-state index in [-0.39, 0.29) is 18.6 Å². The summed E-state index contributed by atoms with van der Waals surface area (Å²) in [6.45, 7) is 9.36. The van der Waals surface area contributed by atoms with Crippen molar-refractivity contribution in [1.29, 1.82) is 0 Å². The van der Waals surface area contributed by atoms with Gasteiger partial charge in [-0.3, -0.25) is 9.59 Å². The predicted octanol–water partition coefficient (Wildman–Crippen LogP) is 0.165.